The molecular formula is C18H16N4O3S. The first-order valence-electron chi connectivity index (χ1n) is 8.25. The van der Waals surface area contributed by atoms with E-state index in [1.165, 1.54) is 17.8 Å². The number of rotatable bonds is 4. The third-order valence-electron chi connectivity index (χ3n) is 4.36. The molecular weight excluding hydrogens is 352 g/mol. The third-order valence-corrected chi connectivity index (χ3v) is 4.86. The summed E-state index contributed by atoms with van der Waals surface area (Å²) in [6.07, 6.45) is 2.89. The Morgan fingerprint density at radius 2 is 2.08 bits per heavy atom. The smallest absolute Gasteiger partial charge is 0.290 e. The molecule has 0 bridgehead atoms. The van der Waals surface area contributed by atoms with Gasteiger partial charge in [0.05, 0.1) is 6.26 Å². The summed E-state index contributed by atoms with van der Waals surface area (Å²) in [5.41, 5.74) is 2.42. The number of benzene rings is 1. The highest BCUT2D eigenvalue weighted by Crippen LogP contribution is 2.23. The minimum absolute atomic E-state index is 0.189. The zero-order chi connectivity index (χ0) is 17.9. The number of nitrogens with zero attached hydrogens (tertiary/aromatic N) is 3. The van der Waals surface area contributed by atoms with Gasteiger partial charge < -0.3 is 14.6 Å². The van der Waals surface area contributed by atoms with Crippen LogP contribution in [0.1, 0.15) is 23.4 Å². The second-order valence-electron chi connectivity index (χ2n) is 5.99. The fourth-order valence-electron chi connectivity index (χ4n) is 3.06. The Hall–Kier alpha value is -3.00. The minimum Gasteiger partial charge on any atom is -0.459 e. The molecule has 3 aromatic rings. The van der Waals surface area contributed by atoms with E-state index in [0.29, 0.717) is 18.7 Å². The van der Waals surface area contributed by atoms with Gasteiger partial charge in [0.1, 0.15) is 11.7 Å². The van der Waals surface area contributed by atoms with Crippen molar-refractivity contribution in [3.8, 4) is 11.3 Å². The van der Waals surface area contributed by atoms with Crippen LogP contribution in [0.5, 0.6) is 0 Å². The van der Waals surface area contributed by atoms with E-state index in [4.69, 9.17) is 4.42 Å². The van der Waals surface area contributed by atoms with Crippen LogP contribution in [-0.4, -0.2) is 38.9 Å². The summed E-state index contributed by atoms with van der Waals surface area (Å²) in [7, 11) is 0. The van der Waals surface area contributed by atoms with Crippen molar-refractivity contribution < 1.29 is 14.0 Å². The normalized spacial score (nSPS) is 16.6. The van der Waals surface area contributed by atoms with E-state index in [-0.39, 0.29) is 17.6 Å². The van der Waals surface area contributed by atoms with Crippen LogP contribution in [0.15, 0.2) is 52.5 Å². The highest BCUT2D eigenvalue weighted by Gasteiger charge is 2.35. The Bertz CT molecular complexity index is 891. The highest BCUT2D eigenvalue weighted by atomic mass is 32.1. The van der Waals surface area contributed by atoms with Crippen LogP contribution in [0.2, 0.25) is 0 Å². The maximum atomic E-state index is 12.7. The van der Waals surface area contributed by atoms with E-state index in [9.17, 15) is 9.59 Å². The van der Waals surface area contributed by atoms with E-state index in [1.807, 2.05) is 29.6 Å². The number of hydrogen-bond acceptors (Lipinski definition) is 6. The Kier molecular flexibility index (Phi) is 4.49. The van der Waals surface area contributed by atoms with Crippen LogP contribution in [0, 0.1) is 0 Å². The van der Waals surface area contributed by atoms with Crippen molar-refractivity contribution in [2.24, 2.45) is 0 Å². The van der Waals surface area contributed by atoms with E-state index in [2.05, 4.69) is 14.9 Å². The van der Waals surface area contributed by atoms with E-state index >= 15 is 0 Å². The van der Waals surface area contributed by atoms with Gasteiger partial charge >= 0.3 is 0 Å². The average molecular weight is 368 g/mol. The molecule has 0 aliphatic carbocycles. The van der Waals surface area contributed by atoms with Gasteiger partial charge in [-0.15, -0.1) is 5.10 Å². The fourth-order valence-corrected chi connectivity index (χ4v) is 3.53. The van der Waals surface area contributed by atoms with Crippen LogP contribution < -0.4 is 5.32 Å². The van der Waals surface area contributed by atoms with Crippen LogP contribution >= 0.6 is 11.5 Å². The largest absolute Gasteiger partial charge is 0.459 e. The molecule has 132 valence electrons. The molecule has 26 heavy (non-hydrogen) atoms. The molecule has 7 nitrogen and oxygen atoms in total. The number of nitrogens with one attached hydrogen (secondary N) is 1. The van der Waals surface area contributed by atoms with E-state index in [1.54, 1.807) is 17.0 Å². The summed E-state index contributed by atoms with van der Waals surface area (Å²) in [6, 6.07) is 10.2. The molecule has 1 fully saturated rings. The molecule has 8 heteroatoms. The number of anilines is 1. The summed E-state index contributed by atoms with van der Waals surface area (Å²) in [5, 5.41) is 8.78. The highest BCUT2D eigenvalue weighted by molar-refractivity contribution is 7.03. The van der Waals surface area contributed by atoms with Gasteiger partial charge in [-0.2, -0.15) is 0 Å². The predicted molar refractivity (Wildman–Crippen MR) is 96.7 cm³/mol. The molecule has 1 N–H and O–H groups in total. The summed E-state index contributed by atoms with van der Waals surface area (Å²) < 4.78 is 9.01. The van der Waals surface area contributed by atoms with Crippen molar-refractivity contribution in [2.45, 2.75) is 18.9 Å². The lowest BCUT2D eigenvalue weighted by atomic mass is 10.1. The van der Waals surface area contributed by atoms with Crippen molar-refractivity contribution in [3.63, 3.8) is 0 Å². The standard InChI is InChI=1S/C18H16N4O3S/c23-17(15-3-1-9-22(15)18(24)16-4-2-10-25-16)19-13-7-5-12(6-8-13)14-11-26-21-20-14/h2,4-8,10-11,15H,1,3,9H2,(H,19,23). The summed E-state index contributed by atoms with van der Waals surface area (Å²) in [4.78, 5) is 26.7. The molecule has 1 aliphatic rings. The van der Waals surface area contributed by atoms with Crippen molar-refractivity contribution in [1.29, 1.82) is 0 Å². The van der Waals surface area contributed by atoms with Crippen molar-refractivity contribution in [1.82, 2.24) is 14.5 Å². The molecule has 3 heterocycles. The lowest BCUT2D eigenvalue weighted by Crippen LogP contribution is -2.43. The van der Waals surface area contributed by atoms with Crippen LogP contribution in [-0.2, 0) is 4.79 Å². The summed E-state index contributed by atoms with van der Waals surface area (Å²) in [6.45, 7) is 0.549. The molecule has 0 radical (unpaired) electrons. The maximum absolute atomic E-state index is 12.7. The fraction of sp³-hybridized carbons (Fsp3) is 0.222. The number of furan rings is 1. The quantitative estimate of drug-likeness (QED) is 0.765. The molecule has 0 spiro atoms. The minimum atomic E-state index is -0.491. The molecule has 1 aromatic carbocycles. The van der Waals surface area contributed by atoms with Crippen LogP contribution in [0.25, 0.3) is 11.3 Å². The number of carbonyl (C=O) groups excluding carboxylic acids is 2. The van der Waals surface area contributed by atoms with E-state index in [0.717, 1.165) is 17.7 Å². The molecule has 4 rings (SSSR count). The van der Waals surface area contributed by atoms with Gasteiger partial charge in [-0.25, -0.2) is 0 Å². The Labute approximate surface area is 153 Å². The topological polar surface area (TPSA) is 88.3 Å². The van der Waals surface area contributed by atoms with Gasteiger partial charge in [0, 0.05) is 23.2 Å². The number of amides is 2. The Morgan fingerprint density at radius 1 is 1.23 bits per heavy atom. The maximum Gasteiger partial charge on any atom is 0.290 e. The zero-order valence-corrected chi connectivity index (χ0v) is 14.6. The monoisotopic (exact) mass is 368 g/mol. The molecule has 1 unspecified atom stereocenters. The second kappa shape index (κ2) is 7.09. The van der Waals surface area contributed by atoms with Gasteiger partial charge in [0.2, 0.25) is 5.91 Å². The Morgan fingerprint density at radius 3 is 2.77 bits per heavy atom. The molecule has 0 saturated carbocycles. The SMILES string of the molecule is O=C(Nc1ccc(-c2csnn2)cc1)C1CCCN1C(=O)c1ccco1. The van der Waals surface area contributed by atoms with Gasteiger partial charge in [0.15, 0.2) is 5.76 Å². The third kappa shape index (κ3) is 3.23. The molecule has 1 saturated heterocycles. The zero-order valence-electron chi connectivity index (χ0n) is 13.8. The Balaban J connectivity index is 1.44. The first kappa shape index (κ1) is 16.5. The number of hydrogen-bond donors (Lipinski definition) is 1. The molecule has 1 atom stereocenters. The van der Waals surface area contributed by atoms with Crippen molar-refractivity contribution >= 4 is 29.0 Å². The van der Waals surface area contributed by atoms with Crippen LogP contribution in [0.4, 0.5) is 5.69 Å². The lowest BCUT2D eigenvalue weighted by molar-refractivity contribution is -0.119. The molecule has 2 amide bonds. The van der Waals surface area contributed by atoms with Crippen molar-refractivity contribution in [2.75, 3.05) is 11.9 Å². The predicted octanol–water partition coefficient (Wildman–Crippen LogP) is 3.04. The van der Waals surface area contributed by atoms with Gasteiger partial charge in [0.25, 0.3) is 5.91 Å². The molecule has 1 aliphatic heterocycles. The van der Waals surface area contributed by atoms with Gasteiger partial charge in [-0.3, -0.25) is 9.59 Å². The lowest BCUT2D eigenvalue weighted by Gasteiger charge is -2.23. The first-order chi connectivity index (χ1) is 12.7. The average Bonchev–Trinajstić information content (AvgIpc) is 3.44. The number of likely N-dealkylation sites (tertiary alicyclic amines) is 1. The second-order valence-corrected chi connectivity index (χ2v) is 6.60. The number of aromatic nitrogens is 2. The first-order valence-corrected chi connectivity index (χ1v) is 9.09. The summed E-state index contributed by atoms with van der Waals surface area (Å²) in [5.74, 6) is -0.185. The van der Waals surface area contributed by atoms with E-state index < -0.39 is 6.04 Å². The van der Waals surface area contributed by atoms with Crippen molar-refractivity contribution in [3.05, 3.63) is 53.8 Å². The summed E-state index contributed by atoms with van der Waals surface area (Å²) >= 11 is 1.29. The number of carbonyl (C=O) groups is 2. The van der Waals surface area contributed by atoms with Gasteiger partial charge in [-0.1, -0.05) is 16.6 Å². The van der Waals surface area contributed by atoms with Gasteiger partial charge in [-0.05, 0) is 48.6 Å². The molecule has 2 aromatic heterocycles. The van der Waals surface area contributed by atoms with Crippen LogP contribution in [0.3, 0.4) is 0 Å².